The average Bonchev–Trinajstić information content (AvgIpc) is 2.86. The number of hydrogen-bond acceptors (Lipinski definition) is 5. The van der Waals surface area contributed by atoms with E-state index in [-0.39, 0.29) is 6.10 Å². The molecule has 0 saturated carbocycles. The van der Waals surface area contributed by atoms with Crippen molar-refractivity contribution in [3.63, 3.8) is 0 Å². The Hall–Kier alpha value is -1.07. The molecule has 0 aliphatic carbocycles. The van der Waals surface area contributed by atoms with E-state index in [2.05, 4.69) is 34.0 Å². The summed E-state index contributed by atoms with van der Waals surface area (Å²) < 4.78 is 5.93. The van der Waals surface area contributed by atoms with Gasteiger partial charge in [0.2, 0.25) is 0 Å². The highest BCUT2D eigenvalue weighted by molar-refractivity contribution is 6.32. The minimum atomic E-state index is 0.284. The van der Waals surface area contributed by atoms with Gasteiger partial charge in [-0.15, -0.1) is 0 Å². The maximum atomic E-state index is 6.09. The molecule has 2 heterocycles. The van der Waals surface area contributed by atoms with Crippen LogP contribution in [-0.2, 0) is 4.74 Å². The molecule has 1 N–H and O–H groups in total. The van der Waals surface area contributed by atoms with Gasteiger partial charge in [-0.3, -0.25) is 0 Å². The smallest absolute Gasteiger partial charge is 0.157 e. The number of nitrogens with zero attached hydrogens (tertiary/aromatic N) is 3. The van der Waals surface area contributed by atoms with Crippen molar-refractivity contribution < 1.29 is 4.74 Å². The van der Waals surface area contributed by atoms with Gasteiger partial charge in [-0.2, -0.15) is 0 Å². The van der Waals surface area contributed by atoms with Crippen molar-refractivity contribution in [2.24, 2.45) is 5.92 Å². The lowest BCUT2D eigenvalue weighted by Crippen LogP contribution is -2.25. The summed E-state index contributed by atoms with van der Waals surface area (Å²) in [6.45, 7) is 7.06. The highest BCUT2D eigenvalue weighted by atomic mass is 35.5. The molecule has 0 spiro atoms. The van der Waals surface area contributed by atoms with Crippen LogP contribution >= 0.6 is 11.6 Å². The molecule has 112 valence electrons. The lowest BCUT2D eigenvalue weighted by Gasteiger charge is -2.20. The first-order valence-electron chi connectivity index (χ1n) is 7.16. The number of aromatic nitrogens is 2. The number of hydrogen-bond donors (Lipinski definition) is 1. The summed E-state index contributed by atoms with van der Waals surface area (Å²) in [5, 5.41) is 3.53. The Morgan fingerprint density at radius 1 is 1.50 bits per heavy atom. The fraction of sp³-hybridized carbons (Fsp3) is 0.714. The summed E-state index contributed by atoms with van der Waals surface area (Å²) in [5.74, 6) is 1.55. The first kappa shape index (κ1) is 15.3. The van der Waals surface area contributed by atoms with Gasteiger partial charge in [0.05, 0.1) is 6.10 Å². The standard InChI is InChI=1S/C14H23ClN4O/c1-10(2)5-7-20-11-4-6-19(8-11)14-12(16-3)13(15)17-9-18-14/h9-11,16H,4-8H2,1-3H3. The van der Waals surface area contributed by atoms with Gasteiger partial charge in [0.25, 0.3) is 0 Å². The summed E-state index contributed by atoms with van der Waals surface area (Å²) in [6.07, 6.45) is 3.93. The predicted octanol–water partition coefficient (Wildman–Crippen LogP) is 2.81. The van der Waals surface area contributed by atoms with E-state index in [0.29, 0.717) is 11.1 Å². The SMILES string of the molecule is CNc1c(Cl)ncnc1N1CCC(OCCC(C)C)C1. The van der Waals surface area contributed by atoms with Crippen LogP contribution in [-0.4, -0.2) is 42.8 Å². The lowest BCUT2D eigenvalue weighted by atomic mass is 10.1. The molecule has 2 rings (SSSR count). The third kappa shape index (κ3) is 3.73. The van der Waals surface area contributed by atoms with Crippen molar-refractivity contribution in [3.8, 4) is 0 Å². The van der Waals surface area contributed by atoms with E-state index in [4.69, 9.17) is 16.3 Å². The van der Waals surface area contributed by atoms with Gasteiger partial charge in [0.15, 0.2) is 11.0 Å². The molecule has 0 aromatic carbocycles. The van der Waals surface area contributed by atoms with Crippen LogP contribution in [0.15, 0.2) is 6.33 Å². The summed E-state index contributed by atoms with van der Waals surface area (Å²) in [7, 11) is 1.83. The first-order chi connectivity index (χ1) is 9.61. The normalized spacial score (nSPS) is 18.9. The molecule has 1 aromatic rings. The molecule has 1 aliphatic rings. The molecule has 0 radical (unpaired) electrons. The van der Waals surface area contributed by atoms with Crippen LogP contribution < -0.4 is 10.2 Å². The molecule has 1 saturated heterocycles. The number of anilines is 2. The highest BCUT2D eigenvalue weighted by Gasteiger charge is 2.26. The molecule has 5 nitrogen and oxygen atoms in total. The maximum Gasteiger partial charge on any atom is 0.157 e. The number of nitrogens with one attached hydrogen (secondary N) is 1. The summed E-state index contributed by atoms with van der Waals surface area (Å²) in [4.78, 5) is 10.6. The molecule has 0 bridgehead atoms. The average molecular weight is 299 g/mol. The first-order valence-corrected chi connectivity index (χ1v) is 7.54. The minimum absolute atomic E-state index is 0.284. The highest BCUT2D eigenvalue weighted by Crippen LogP contribution is 2.31. The van der Waals surface area contributed by atoms with Gasteiger partial charge in [0, 0.05) is 26.7 Å². The van der Waals surface area contributed by atoms with E-state index in [9.17, 15) is 0 Å². The fourth-order valence-corrected chi connectivity index (χ4v) is 2.56. The van der Waals surface area contributed by atoms with Crippen LogP contribution in [0.25, 0.3) is 0 Å². The fourth-order valence-electron chi connectivity index (χ4n) is 2.34. The Bertz CT molecular complexity index is 441. The van der Waals surface area contributed by atoms with Crippen molar-refractivity contribution in [1.82, 2.24) is 9.97 Å². The second kappa shape index (κ2) is 7.09. The largest absolute Gasteiger partial charge is 0.383 e. The van der Waals surface area contributed by atoms with Crippen LogP contribution in [0, 0.1) is 5.92 Å². The molecule has 20 heavy (non-hydrogen) atoms. The molecule has 0 amide bonds. The van der Waals surface area contributed by atoms with E-state index < -0.39 is 0 Å². The number of halogens is 1. The number of ether oxygens (including phenoxy) is 1. The molecular formula is C14H23ClN4O. The van der Waals surface area contributed by atoms with Gasteiger partial charge in [-0.25, -0.2) is 9.97 Å². The zero-order chi connectivity index (χ0) is 14.5. The molecule has 1 aromatic heterocycles. The summed E-state index contributed by atoms with van der Waals surface area (Å²) in [5.41, 5.74) is 0.789. The molecule has 6 heteroatoms. The van der Waals surface area contributed by atoms with Gasteiger partial charge in [-0.1, -0.05) is 25.4 Å². The van der Waals surface area contributed by atoms with E-state index in [0.717, 1.165) is 44.0 Å². The molecule has 1 unspecified atom stereocenters. The van der Waals surface area contributed by atoms with Crippen LogP contribution in [0.5, 0.6) is 0 Å². The van der Waals surface area contributed by atoms with Crippen LogP contribution in [0.3, 0.4) is 0 Å². The summed E-state index contributed by atoms with van der Waals surface area (Å²) in [6, 6.07) is 0. The lowest BCUT2D eigenvalue weighted by molar-refractivity contribution is 0.0609. The van der Waals surface area contributed by atoms with Crippen molar-refractivity contribution in [2.45, 2.75) is 32.8 Å². The molecule has 1 aliphatic heterocycles. The Balaban J connectivity index is 1.94. The zero-order valence-corrected chi connectivity index (χ0v) is 13.2. The Morgan fingerprint density at radius 3 is 3.00 bits per heavy atom. The van der Waals surface area contributed by atoms with Crippen molar-refractivity contribution in [3.05, 3.63) is 11.5 Å². The number of rotatable bonds is 6. The minimum Gasteiger partial charge on any atom is -0.383 e. The van der Waals surface area contributed by atoms with Gasteiger partial charge >= 0.3 is 0 Å². The molecular weight excluding hydrogens is 276 g/mol. The van der Waals surface area contributed by atoms with Crippen molar-refractivity contribution >= 4 is 23.1 Å². The second-order valence-corrected chi connectivity index (χ2v) is 5.88. The zero-order valence-electron chi connectivity index (χ0n) is 12.4. The van der Waals surface area contributed by atoms with Crippen molar-refractivity contribution in [1.29, 1.82) is 0 Å². The monoisotopic (exact) mass is 298 g/mol. The topological polar surface area (TPSA) is 50.3 Å². The van der Waals surface area contributed by atoms with E-state index in [1.165, 1.54) is 6.33 Å². The van der Waals surface area contributed by atoms with Gasteiger partial charge in [-0.05, 0) is 18.8 Å². The molecule has 1 fully saturated rings. The second-order valence-electron chi connectivity index (χ2n) is 5.52. The predicted molar refractivity (Wildman–Crippen MR) is 82.6 cm³/mol. The Labute approximate surface area is 125 Å². The third-order valence-electron chi connectivity index (χ3n) is 3.52. The maximum absolute atomic E-state index is 6.09. The van der Waals surface area contributed by atoms with Crippen LogP contribution in [0.4, 0.5) is 11.5 Å². The van der Waals surface area contributed by atoms with E-state index in [1.54, 1.807) is 0 Å². The quantitative estimate of drug-likeness (QED) is 0.819. The van der Waals surface area contributed by atoms with Crippen molar-refractivity contribution in [2.75, 3.05) is 37.0 Å². The Kier molecular flexibility index (Phi) is 5.43. The van der Waals surface area contributed by atoms with E-state index in [1.807, 2.05) is 7.05 Å². The van der Waals surface area contributed by atoms with Gasteiger partial charge in [0.1, 0.15) is 12.0 Å². The molecule has 1 atom stereocenters. The van der Waals surface area contributed by atoms with Crippen LogP contribution in [0.1, 0.15) is 26.7 Å². The van der Waals surface area contributed by atoms with E-state index >= 15 is 0 Å². The van der Waals surface area contributed by atoms with Crippen LogP contribution in [0.2, 0.25) is 5.15 Å². The third-order valence-corrected chi connectivity index (χ3v) is 3.81. The summed E-state index contributed by atoms with van der Waals surface area (Å²) >= 11 is 6.09. The van der Waals surface area contributed by atoms with Gasteiger partial charge < -0.3 is 15.0 Å². The Morgan fingerprint density at radius 2 is 2.30 bits per heavy atom.